The maximum atomic E-state index is 12.0. The average molecular weight is 275 g/mol. The van der Waals surface area contributed by atoms with Crippen LogP contribution in [0.2, 0.25) is 0 Å². The van der Waals surface area contributed by atoms with Crippen molar-refractivity contribution in [1.29, 1.82) is 0 Å². The standard InChI is InChI=1S/C16H25N3O/c1-2-3-14-4-6-15(7-5-14)16(20)18-10-13-19-11-8-17-9-12-19/h4-7,17H,2-3,8-13H2,1H3,(H,18,20). The fourth-order valence-electron chi connectivity index (χ4n) is 2.48. The Bertz CT molecular complexity index is 410. The molecule has 0 spiro atoms. The zero-order valence-corrected chi connectivity index (χ0v) is 12.3. The maximum absolute atomic E-state index is 12.0. The van der Waals surface area contributed by atoms with Crippen LogP contribution in [0.15, 0.2) is 24.3 Å². The van der Waals surface area contributed by atoms with Crippen LogP contribution in [0.5, 0.6) is 0 Å². The third-order valence-corrected chi connectivity index (χ3v) is 3.68. The molecule has 0 saturated carbocycles. The molecule has 0 bridgehead atoms. The van der Waals surface area contributed by atoms with Crippen LogP contribution in [0, 0.1) is 0 Å². The van der Waals surface area contributed by atoms with E-state index in [9.17, 15) is 4.79 Å². The summed E-state index contributed by atoms with van der Waals surface area (Å²) in [5.41, 5.74) is 2.05. The predicted molar refractivity (Wildman–Crippen MR) is 82.1 cm³/mol. The van der Waals surface area contributed by atoms with E-state index in [1.807, 2.05) is 12.1 Å². The minimum Gasteiger partial charge on any atom is -0.351 e. The molecule has 0 atom stereocenters. The first-order valence-corrected chi connectivity index (χ1v) is 7.60. The maximum Gasteiger partial charge on any atom is 0.251 e. The van der Waals surface area contributed by atoms with Crippen LogP contribution in [0.1, 0.15) is 29.3 Å². The quantitative estimate of drug-likeness (QED) is 0.822. The van der Waals surface area contributed by atoms with E-state index in [-0.39, 0.29) is 5.91 Å². The lowest BCUT2D eigenvalue weighted by atomic mass is 10.1. The summed E-state index contributed by atoms with van der Waals surface area (Å²) in [5, 5.41) is 6.32. The number of aryl methyl sites for hydroxylation is 1. The fourth-order valence-corrected chi connectivity index (χ4v) is 2.48. The Morgan fingerprint density at radius 3 is 2.60 bits per heavy atom. The monoisotopic (exact) mass is 275 g/mol. The Balaban J connectivity index is 1.73. The van der Waals surface area contributed by atoms with Crippen molar-refractivity contribution >= 4 is 5.91 Å². The van der Waals surface area contributed by atoms with Gasteiger partial charge in [0.2, 0.25) is 0 Å². The zero-order chi connectivity index (χ0) is 14.2. The molecule has 2 N–H and O–H groups in total. The largest absolute Gasteiger partial charge is 0.351 e. The Labute approximate surface area is 121 Å². The van der Waals surface area contributed by atoms with Crippen molar-refractivity contribution in [2.75, 3.05) is 39.3 Å². The Morgan fingerprint density at radius 2 is 1.95 bits per heavy atom. The molecule has 1 amide bonds. The van der Waals surface area contributed by atoms with Gasteiger partial charge in [-0.25, -0.2) is 0 Å². The van der Waals surface area contributed by atoms with Gasteiger partial charge in [-0.05, 0) is 24.1 Å². The molecule has 1 aliphatic rings. The van der Waals surface area contributed by atoms with Crippen LogP contribution in [-0.2, 0) is 6.42 Å². The van der Waals surface area contributed by atoms with E-state index in [0.717, 1.165) is 57.7 Å². The minimum absolute atomic E-state index is 0.0307. The topological polar surface area (TPSA) is 44.4 Å². The first-order valence-electron chi connectivity index (χ1n) is 7.60. The molecule has 0 aliphatic carbocycles. The van der Waals surface area contributed by atoms with Gasteiger partial charge in [-0.2, -0.15) is 0 Å². The van der Waals surface area contributed by atoms with Crippen molar-refractivity contribution < 1.29 is 4.79 Å². The van der Waals surface area contributed by atoms with Crippen LogP contribution < -0.4 is 10.6 Å². The average Bonchev–Trinajstić information content (AvgIpc) is 2.49. The van der Waals surface area contributed by atoms with Crippen molar-refractivity contribution in [3.63, 3.8) is 0 Å². The number of nitrogens with zero attached hydrogens (tertiary/aromatic N) is 1. The van der Waals surface area contributed by atoms with Gasteiger partial charge in [0, 0.05) is 44.8 Å². The van der Waals surface area contributed by atoms with Gasteiger partial charge >= 0.3 is 0 Å². The van der Waals surface area contributed by atoms with E-state index in [4.69, 9.17) is 0 Å². The number of amides is 1. The van der Waals surface area contributed by atoms with Gasteiger partial charge in [-0.1, -0.05) is 25.5 Å². The molecule has 2 rings (SSSR count). The van der Waals surface area contributed by atoms with Crippen LogP contribution in [-0.4, -0.2) is 50.1 Å². The number of benzene rings is 1. The summed E-state index contributed by atoms with van der Waals surface area (Å²) >= 11 is 0. The molecule has 1 aromatic carbocycles. The van der Waals surface area contributed by atoms with E-state index < -0.39 is 0 Å². The number of piperazine rings is 1. The molecule has 110 valence electrons. The molecule has 1 aromatic rings. The van der Waals surface area contributed by atoms with Crippen LogP contribution in [0.4, 0.5) is 0 Å². The van der Waals surface area contributed by atoms with Gasteiger partial charge in [-0.3, -0.25) is 9.69 Å². The van der Waals surface area contributed by atoms with Crippen molar-refractivity contribution in [1.82, 2.24) is 15.5 Å². The van der Waals surface area contributed by atoms with Gasteiger partial charge in [-0.15, -0.1) is 0 Å². The number of nitrogens with one attached hydrogen (secondary N) is 2. The summed E-state index contributed by atoms with van der Waals surface area (Å²) in [7, 11) is 0. The van der Waals surface area contributed by atoms with Gasteiger partial charge in [0.15, 0.2) is 0 Å². The number of carbonyl (C=O) groups is 1. The molecule has 1 heterocycles. The van der Waals surface area contributed by atoms with E-state index in [1.54, 1.807) is 0 Å². The van der Waals surface area contributed by atoms with E-state index in [0.29, 0.717) is 0 Å². The number of hydrogen-bond donors (Lipinski definition) is 2. The second-order valence-corrected chi connectivity index (χ2v) is 5.29. The van der Waals surface area contributed by atoms with Crippen molar-refractivity contribution in [2.45, 2.75) is 19.8 Å². The minimum atomic E-state index is 0.0307. The van der Waals surface area contributed by atoms with E-state index in [1.165, 1.54) is 5.56 Å². The van der Waals surface area contributed by atoms with Crippen LogP contribution in [0.3, 0.4) is 0 Å². The third kappa shape index (κ3) is 4.62. The number of hydrogen-bond acceptors (Lipinski definition) is 3. The SMILES string of the molecule is CCCc1ccc(C(=O)NCCN2CCNCC2)cc1. The molecule has 1 aliphatic heterocycles. The highest BCUT2D eigenvalue weighted by Gasteiger charge is 2.10. The first-order chi connectivity index (χ1) is 9.79. The second-order valence-electron chi connectivity index (χ2n) is 5.29. The van der Waals surface area contributed by atoms with Crippen LogP contribution in [0.25, 0.3) is 0 Å². The predicted octanol–water partition coefficient (Wildman–Crippen LogP) is 1.27. The highest BCUT2D eigenvalue weighted by molar-refractivity contribution is 5.94. The lowest BCUT2D eigenvalue weighted by molar-refractivity contribution is 0.0947. The molecule has 0 unspecified atom stereocenters. The highest BCUT2D eigenvalue weighted by Crippen LogP contribution is 2.06. The summed E-state index contributed by atoms with van der Waals surface area (Å²) in [5.74, 6) is 0.0307. The molecule has 1 saturated heterocycles. The van der Waals surface area contributed by atoms with Crippen LogP contribution >= 0.6 is 0 Å². The summed E-state index contributed by atoms with van der Waals surface area (Å²) in [6, 6.07) is 7.94. The molecular formula is C16H25N3O. The summed E-state index contributed by atoms with van der Waals surface area (Å²) in [6.07, 6.45) is 2.21. The molecular weight excluding hydrogens is 250 g/mol. The molecule has 0 radical (unpaired) electrons. The van der Waals surface area contributed by atoms with E-state index in [2.05, 4.69) is 34.6 Å². The van der Waals surface area contributed by atoms with Crippen molar-refractivity contribution in [2.24, 2.45) is 0 Å². The normalized spacial score (nSPS) is 16.1. The summed E-state index contributed by atoms with van der Waals surface area (Å²) in [4.78, 5) is 14.4. The number of carbonyl (C=O) groups excluding carboxylic acids is 1. The van der Waals surface area contributed by atoms with E-state index >= 15 is 0 Å². The smallest absolute Gasteiger partial charge is 0.251 e. The molecule has 20 heavy (non-hydrogen) atoms. The zero-order valence-electron chi connectivity index (χ0n) is 12.3. The van der Waals surface area contributed by atoms with Crippen molar-refractivity contribution in [3.8, 4) is 0 Å². The molecule has 4 nitrogen and oxygen atoms in total. The van der Waals surface area contributed by atoms with Gasteiger partial charge in [0.1, 0.15) is 0 Å². The third-order valence-electron chi connectivity index (χ3n) is 3.68. The van der Waals surface area contributed by atoms with Crippen molar-refractivity contribution in [3.05, 3.63) is 35.4 Å². The first kappa shape index (κ1) is 15.0. The highest BCUT2D eigenvalue weighted by atomic mass is 16.1. The molecule has 4 heteroatoms. The molecule has 0 aromatic heterocycles. The fraction of sp³-hybridized carbons (Fsp3) is 0.562. The molecule has 1 fully saturated rings. The lowest BCUT2D eigenvalue weighted by Crippen LogP contribution is -2.46. The van der Waals surface area contributed by atoms with Gasteiger partial charge in [0.25, 0.3) is 5.91 Å². The number of rotatable bonds is 6. The summed E-state index contributed by atoms with van der Waals surface area (Å²) in [6.45, 7) is 8.05. The Morgan fingerprint density at radius 1 is 1.25 bits per heavy atom. The van der Waals surface area contributed by atoms with Gasteiger partial charge < -0.3 is 10.6 Å². The lowest BCUT2D eigenvalue weighted by Gasteiger charge is -2.27. The summed E-state index contributed by atoms with van der Waals surface area (Å²) < 4.78 is 0. The second kappa shape index (κ2) is 8.02. The van der Waals surface area contributed by atoms with Gasteiger partial charge in [0.05, 0.1) is 0 Å². The Kier molecular flexibility index (Phi) is 6.02. The Hall–Kier alpha value is -1.39.